The molecule has 2 aromatic heterocycles. The molecular weight excluding hydrogens is 372 g/mol. The van der Waals surface area contributed by atoms with Crippen LogP contribution in [0.1, 0.15) is 24.8 Å². The Morgan fingerprint density at radius 2 is 2.00 bits per heavy atom. The highest BCUT2D eigenvalue weighted by Gasteiger charge is 2.33. The quantitative estimate of drug-likeness (QED) is 0.768. The summed E-state index contributed by atoms with van der Waals surface area (Å²) in [5.41, 5.74) is 1.17. The van der Waals surface area contributed by atoms with E-state index in [1.807, 2.05) is 18.5 Å². The minimum absolute atomic E-state index is 0.282. The van der Waals surface area contributed by atoms with E-state index in [-0.39, 0.29) is 6.61 Å². The smallest absolute Gasteiger partial charge is 0.169 e. The molecule has 4 rings (SSSR count). The van der Waals surface area contributed by atoms with Gasteiger partial charge < -0.3 is 9.84 Å². The third kappa shape index (κ3) is 4.96. The normalized spacial score (nSPS) is 24.5. The number of piperidine rings is 1. The van der Waals surface area contributed by atoms with Crippen LogP contribution in [0.15, 0.2) is 29.9 Å². The number of hydrogen-bond acceptors (Lipinski definition) is 7. The molecule has 1 N–H and O–H groups in total. The molecule has 7 heteroatoms. The van der Waals surface area contributed by atoms with E-state index in [4.69, 9.17) is 4.74 Å². The van der Waals surface area contributed by atoms with Crippen LogP contribution < -0.4 is 0 Å². The molecule has 4 heterocycles. The molecule has 152 valence electrons. The van der Waals surface area contributed by atoms with Crippen molar-refractivity contribution in [1.29, 1.82) is 0 Å². The molecule has 28 heavy (non-hydrogen) atoms. The highest BCUT2D eigenvalue weighted by atomic mass is 32.1. The number of aliphatic hydroxyl groups excluding tert-OH is 1. The van der Waals surface area contributed by atoms with Gasteiger partial charge in [0.15, 0.2) is 5.82 Å². The number of aliphatic hydroxyl groups is 1. The van der Waals surface area contributed by atoms with E-state index in [9.17, 15) is 5.11 Å². The largest absolute Gasteiger partial charge is 0.396 e. The van der Waals surface area contributed by atoms with E-state index in [2.05, 4.69) is 31.2 Å². The predicted octanol–water partition coefficient (Wildman–Crippen LogP) is 2.50. The zero-order chi connectivity index (χ0) is 19.2. The van der Waals surface area contributed by atoms with Gasteiger partial charge in [-0.25, -0.2) is 9.97 Å². The maximum absolute atomic E-state index is 9.34. The molecular formula is C21H30N4O2S. The molecule has 2 fully saturated rings. The summed E-state index contributed by atoms with van der Waals surface area (Å²) in [6.45, 7) is 7.14. The van der Waals surface area contributed by atoms with Crippen LogP contribution in [-0.4, -0.2) is 76.9 Å². The van der Waals surface area contributed by atoms with Crippen LogP contribution in [0.2, 0.25) is 0 Å². The van der Waals surface area contributed by atoms with Crippen molar-refractivity contribution in [2.45, 2.75) is 31.8 Å². The van der Waals surface area contributed by atoms with Gasteiger partial charge in [-0.05, 0) is 43.2 Å². The molecule has 2 atom stereocenters. The standard InChI is InChI=1S/C21H30N4O2S/c26-9-1-3-18-16-24(6-5-19(18)25-7-10-27-11-8-25)15-17-13-22-21(23-14-17)20-4-2-12-28-20/h2,4,12-14,18-19,26H,1,3,5-11,15-16H2/t18-,19+/m1/s1. The second kappa shape index (κ2) is 9.89. The monoisotopic (exact) mass is 402 g/mol. The Morgan fingerprint density at radius 1 is 1.18 bits per heavy atom. The number of likely N-dealkylation sites (tertiary alicyclic amines) is 1. The molecule has 0 bridgehead atoms. The van der Waals surface area contributed by atoms with Crippen molar-refractivity contribution in [3.05, 3.63) is 35.5 Å². The van der Waals surface area contributed by atoms with Gasteiger partial charge in [0.1, 0.15) is 0 Å². The number of hydrogen-bond donors (Lipinski definition) is 1. The Balaban J connectivity index is 1.37. The Hall–Kier alpha value is -1.38. The number of nitrogens with zero attached hydrogens (tertiary/aromatic N) is 4. The fourth-order valence-corrected chi connectivity index (χ4v) is 5.17. The third-order valence-corrected chi connectivity index (χ3v) is 6.74. The summed E-state index contributed by atoms with van der Waals surface area (Å²) < 4.78 is 5.54. The fourth-order valence-electron chi connectivity index (χ4n) is 4.49. The molecule has 2 saturated heterocycles. The van der Waals surface area contributed by atoms with Crippen molar-refractivity contribution in [3.63, 3.8) is 0 Å². The topological polar surface area (TPSA) is 61.7 Å². The summed E-state index contributed by atoms with van der Waals surface area (Å²) in [6, 6.07) is 4.70. The van der Waals surface area contributed by atoms with Gasteiger partial charge in [0.2, 0.25) is 0 Å². The molecule has 0 saturated carbocycles. The van der Waals surface area contributed by atoms with Crippen LogP contribution in [0.5, 0.6) is 0 Å². The molecule has 0 radical (unpaired) electrons. The predicted molar refractivity (Wildman–Crippen MR) is 111 cm³/mol. The lowest BCUT2D eigenvalue weighted by Gasteiger charge is -2.45. The Bertz CT molecular complexity index is 704. The van der Waals surface area contributed by atoms with Crippen LogP contribution in [0.25, 0.3) is 10.7 Å². The maximum atomic E-state index is 9.34. The number of aromatic nitrogens is 2. The second-order valence-corrected chi connectivity index (χ2v) is 8.71. The lowest BCUT2D eigenvalue weighted by atomic mass is 9.86. The van der Waals surface area contributed by atoms with Crippen LogP contribution in [-0.2, 0) is 11.3 Å². The SMILES string of the molecule is OCCC[C@@H]1CN(Cc2cnc(-c3cccs3)nc2)CC[C@@H]1N1CCOCC1. The lowest BCUT2D eigenvalue weighted by molar-refractivity contribution is -0.0231. The van der Waals surface area contributed by atoms with E-state index in [0.717, 1.165) is 69.5 Å². The Morgan fingerprint density at radius 3 is 2.71 bits per heavy atom. The van der Waals surface area contributed by atoms with E-state index < -0.39 is 0 Å². The minimum Gasteiger partial charge on any atom is -0.396 e. The summed E-state index contributed by atoms with van der Waals surface area (Å²) in [5.74, 6) is 1.41. The van der Waals surface area contributed by atoms with Crippen LogP contribution in [0.3, 0.4) is 0 Å². The maximum Gasteiger partial charge on any atom is 0.169 e. The second-order valence-electron chi connectivity index (χ2n) is 7.76. The van der Waals surface area contributed by atoms with Gasteiger partial charge in [-0.1, -0.05) is 6.07 Å². The average Bonchev–Trinajstić information content (AvgIpc) is 3.28. The van der Waals surface area contributed by atoms with Gasteiger partial charge in [0.25, 0.3) is 0 Å². The van der Waals surface area contributed by atoms with Crippen molar-refractivity contribution >= 4 is 11.3 Å². The zero-order valence-corrected chi connectivity index (χ0v) is 17.2. The highest BCUT2D eigenvalue weighted by molar-refractivity contribution is 7.13. The Labute approximate surface area is 171 Å². The first kappa shape index (κ1) is 19.9. The first-order valence-electron chi connectivity index (χ1n) is 10.3. The van der Waals surface area contributed by atoms with Crippen LogP contribution in [0, 0.1) is 5.92 Å². The molecule has 2 aliphatic rings. The zero-order valence-electron chi connectivity index (χ0n) is 16.4. The average molecular weight is 403 g/mol. The molecule has 2 aromatic rings. The molecule has 0 unspecified atom stereocenters. The van der Waals surface area contributed by atoms with Crippen molar-refractivity contribution in [3.8, 4) is 10.7 Å². The summed E-state index contributed by atoms with van der Waals surface area (Å²) >= 11 is 1.67. The van der Waals surface area contributed by atoms with Crippen molar-refractivity contribution in [2.24, 2.45) is 5.92 Å². The first-order chi connectivity index (χ1) is 13.8. The van der Waals surface area contributed by atoms with Gasteiger partial charge in [-0.2, -0.15) is 0 Å². The molecule has 0 aliphatic carbocycles. The molecule has 0 spiro atoms. The molecule has 2 aliphatic heterocycles. The molecule has 6 nitrogen and oxygen atoms in total. The van der Waals surface area contributed by atoms with Crippen molar-refractivity contribution in [2.75, 3.05) is 46.0 Å². The summed E-state index contributed by atoms with van der Waals surface area (Å²) in [5, 5.41) is 11.4. The van der Waals surface area contributed by atoms with E-state index in [1.54, 1.807) is 11.3 Å². The van der Waals surface area contributed by atoms with Gasteiger partial charge in [-0.3, -0.25) is 9.80 Å². The van der Waals surface area contributed by atoms with Gasteiger partial charge in [0.05, 0.1) is 18.1 Å². The number of rotatable bonds is 7. The number of morpholine rings is 1. The molecule has 0 amide bonds. The summed E-state index contributed by atoms with van der Waals surface area (Å²) in [4.78, 5) is 15.4. The number of thiophene rings is 1. The number of ether oxygens (including phenoxy) is 1. The first-order valence-corrected chi connectivity index (χ1v) is 11.2. The van der Waals surface area contributed by atoms with Crippen LogP contribution in [0.4, 0.5) is 0 Å². The van der Waals surface area contributed by atoms with Gasteiger partial charge in [-0.15, -0.1) is 11.3 Å². The van der Waals surface area contributed by atoms with Crippen LogP contribution >= 0.6 is 11.3 Å². The third-order valence-electron chi connectivity index (χ3n) is 5.88. The highest BCUT2D eigenvalue weighted by Crippen LogP contribution is 2.28. The lowest BCUT2D eigenvalue weighted by Crippen LogP contribution is -2.53. The summed E-state index contributed by atoms with van der Waals surface area (Å²) in [6.07, 6.45) is 7.10. The van der Waals surface area contributed by atoms with Crippen molar-refractivity contribution < 1.29 is 9.84 Å². The Kier molecular flexibility index (Phi) is 7.04. The van der Waals surface area contributed by atoms with E-state index in [0.29, 0.717) is 12.0 Å². The van der Waals surface area contributed by atoms with Crippen molar-refractivity contribution in [1.82, 2.24) is 19.8 Å². The minimum atomic E-state index is 0.282. The fraction of sp³-hybridized carbons (Fsp3) is 0.619. The van der Waals surface area contributed by atoms with Gasteiger partial charge >= 0.3 is 0 Å². The van der Waals surface area contributed by atoms with E-state index in [1.165, 1.54) is 12.0 Å². The molecule has 0 aromatic carbocycles. The van der Waals surface area contributed by atoms with Gasteiger partial charge in [0, 0.05) is 56.8 Å². The summed E-state index contributed by atoms with van der Waals surface area (Å²) in [7, 11) is 0. The van der Waals surface area contributed by atoms with E-state index >= 15 is 0 Å².